The maximum absolute atomic E-state index is 14.1. The Morgan fingerprint density at radius 3 is 2.70 bits per heavy atom. The summed E-state index contributed by atoms with van der Waals surface area (Å²) in [7, 11) is 1.96. The van der Waals surface area contributed by atoms with E-state index in [1.807, 2.05) is 20.9 Å². The molecule has 33 heavy (non-hydrogen) atoms. The smallest absolute Gasteiger partial charge is 0.258 e. The maximum atomic E-state index is 14.1. The Kier molecular flexibility index (Phi) is 5.74. The van der Waals surface area contributed by atoms with E-state index in [1.54, 1.807) is 9.42 Å². The second-order valence-corrected chi connectivity index (χ2v) is 9.32. The zero-order chi connectivity index (χ0) is 23.3. The van der Waals surface area contributed by atoms with Gasteiger partial charge in [0.2, 0.25) is 0 Å². The topological polar surface area (TPSA) is 71.8 Å². The summed E-state index contributed by atoms with van der Waals surface area (Å²) in [5.74, 6) is -0.310. The monoisotopic (exact) mass is 471 g/mol. The lowest BCUT2D eigenvalue weighted by Gasteiger charge is -2.29. The number of carbonyl (C=O) groups excluding carboxylic acids is 1. The minimum absolute atomic E-state index is 0.0252. The van der Waals surface area contributed by atoms with Gasteiger partial charge in [-0.2, -0.15) is 5.10 Å². The summed E-state index contributed by atoms with van der Waals surface area (Å²) in [5.41, 5.74) is 4.37. The Morgan fingerprint density at radius 2 is 1.97 bits per heavy atom. The van der Waals surface area contributed by atoms with Crippen molar-refractivity contribution >= 4 is 23.2 Å². The minimum Gasteiger partial charge on any atom is -0.489 e. The normalized spacial score (nSPS) is 20.3. The first-order chi connectivity index (χ1) is 15.9. The van der Waals surface area contributed by atoms with Crippen LogP contribution in [0.25, 0.3) is 5.65 Å². The van der Waals surface area contributed by atoms with Gasteiger partial charge in [0.15, 0.2) is 5.65 Å². The number of rotatable bonds is 4. The third kappa shape index (κ3) is 3.95. The van der Waals surface area contributed by atoms with Gasteiger partial charge < -0.3 is 15.0 Å². The van der Waals surface area contributed by atoms with E-state index in [0.29, 0.717) is 35.5 Å². The lowest BCUT2D eigenvalue weighted by molar-refractivity contribution is 0.0737. The van der Waals surface area contributed by atoms with Crippen LogP contribution in [-0.4, -0.2) is 44.6 Å². The average molecular weight is 472 g/mol. The fourth-order valence-electron chi connectivity index (χ4n) is 4.85. The van der Waals surface area contributed by atoms with Crippen LogP contribution >= 0.6 is 11.6 Å². The Hall–Kier alpha value is -2.71. The second-order valence-electron chi connectivity index (χ2n) is 8.94. The molecule has 0 unspecified atom stereocenters. The SMILES string of the molecule is CN[C@H]1CC[C@@H](Oc2cc(F)ccc2C(=O)N2Cc3nn4c(C)c(Cl)c(C)nc4c3C2)CC1. The fraction of sp³-hybridized carbons (Fsp3) is 0.458. The second kappa shape index (κ2) is 8.57. The Balaban J connectivity index is 1.38. The molecule has 9 heteroatoms. The van der Waals surface area contributed by atoms with E-state index in [1.165, 1.54) is 18.2 Å². The molecule has 1 N–H and O–H groups in total. The van der Waals surface area contributed by atoms with E-state index in [9.17, 15) is 9.18 Å². The number of benzene rings is 1. The van der Waals surface area contributed by atoms with Crippen LogP contribution in [-0.2, 0) is 13.1 Å². The van der Waals surface area contributed by atoms with Crippen LogP contribution in [0.5, 0.6) is 5.75 Å². The lowest BCUT2D eigenvalue weighted by Crippen LogP contribution is -2.34. The van der Waals surface area contributed by atoms with Crippen LogP contribution in [0.4, 0.5) is 4.39 Å². The third-order valence-electron chi connectivity index (χ3n) is 6.79. The maximum Gasteiger partial charge on any atom is 0.258 e. The van der Waals surface area contributed by atoms with E-state index < -0.39 is 5.82 Å². The molecule has 0 saturated heterocycles. The molecule has 2 aliphatic rings. The molecule has 3 aromatic rings. The zero-order valence-corrected chi connectivity index (χ0v) is 19.7. The van der Waals surface area contributed by atoms with Crippen molar-refractivity contribution < 1.29 is 13.9 Å². The van der Waals surface area contributed by atoms with Crippen molar-refractivity contribution in [3.05, 3.63) is 57.2 Å². The van der Waals surface area contributed by atoms with E-state index >= 15 is 0 Å². The van der Waals surface area contributed by atoms with E-state index in [0.717, 1.165) is 54.0 Å². The van der Waals surface area contributed by atoms with E-state index in [-0.39, 0.29) is 12.0 Å². The molecule has 0 atom stereocenters. The van der Waals surface area contributed by atoms with Gasteiger partial charge in [-0.3, -0.25) is 4.79 Å². The lowest BCUT2D eigenvalue weighted by atomic mass is 9.93. The highest BCUT2D eigenvalue weighted by Crippen LogP contribution is 2.33. The summed E-state index contributed by atoms with van der Waals surface area (Å²) in [6.07, 6.45) is 3.71. The molecule has 0 radical (unpaired) electrons. The molecule has 1 aromatic carbocycles. The Bertz CT molecular complexity index is 1240. The van der Waals surface area contributed by atoms with Crippen LogP contribution in [0.3, 0.4) is 0 Å². The predicted molar refractivity (Wildman–Crippen MR) is 123 cm³/mol. The van der Waals surface area contributed by atoms with Gasteiger partial charge in [0, 0.05) is 17.7 Å². The molecular weight excluding hydrogens is 445 g/mol. The van der Waals surface area contributed by atoms with Gasteiger partial charge in [-0.1, -0.05) is 11.6 Å². The van der Waals surface area contributed by atoms with Gasteiger partial charge in [-0.15, -0.1) is 0 Å². The number of amides is 1. The number of halogens is 2. The molecule has 174 valence electrons. The highest BCUT2D eigenvalue weighted by atomic mass is 35.5. The van der Waals surface area contributed by atoms with Gasteiger partial charge in [-0.05, 0) is 58.7 Å². The van der Waals surface area contributed by atoms with Crippen molar-refractivity contribution in [2.75, 3.05) is 7.05 Å². The predicted octanol–water partition coefficient (Wildman–Crippen LogP) is 4.20. The van der Waals surface area contributed by atoms with Gasteiger partial charge in [0.1, 0.15) is 11.6 Å². The van der Waals surface area contributed by atoms with Crippen LogP contribution in [0.1, 0.15) is 58.7 Å². The number of hydrogen-bond donors (Lipinski definition) is 1. The molecular formula is C24H27ClFN5O2. The minimum atomic E-state index is -0.417. The summed E-state index contributed by atoms with van der Waals surface area (Å²) in [6.45, 7) is 4.51. The molecule has 0 bridgehead atoms. The number of ether oxygens (including phenoxy) is 1. The van der Waals surface area contributed by atoms with Crippen molar-refractivity contribution in [3.63, 3.8) is 0 Å². The van der Waals surface area contributed by atoms with Gasteiger partial charge >= 0.3 is 0 Å². The molecule has 0 spiro atoms. The van der Waals surface area contributed by atoms with Gasteiger partial charge in [-0.25, -0.2) is 13.9 Å². The third-order valence-corrected chi connectivity index (χ3v) is 7.34. The van der Waals surface area contributed by atoms with Crippen molar-refractivity contribution in [2.45, 2.75) is 64.8 Å². The van der Waals surface area contributed by atoms with Crippen molar-refractivity contribution in [2.24, 2.45) is 0 Å². The molecule has 1 saturated carbocycles. The van der Waals surface area contributed by atoms with Crippen LogP contribution < -0.4 is 10.1 Å². The molecule has 5 rings (SSSR count). The summed E-state index contributed by atoms with van der Waals surface area (Å²) in [6, 6.07) is 4.63. The summed E-state index contributed by atoms with van der Waals surface area (Å²) in [5, 5.41) is 8.53. The van der Waals surface area contributed by atoms with Crippen molar-refractivity contribution in [1.29, 1.82) is 0 Å². The molecule has 2 aromatic heterocycles. The molecule has 1 fully saturated rings. The molecule has 7 nitrogen and oxygen atoms in total. The number of hydrogen-bond acceptors (Lipinski definition) is 5. The van der Waals surface area contributed by atoms with Gasteiger partial charge in [0.05, 0.1) is 46.9 Å². The number of aryl methyl sites for hydroxylation is 2. The number of fused-ring (bicyclic) bond motifs is 3. The van der Waals surface area contributed by atoms with E-state index in [4.69, 9.17) is 16.3 Å². The molecule has 1 aliphatic heterocycles. The van der Waals surface area contributed by atoms with Crippen LogP contribution in [0.15, 0.2) is 18.2 Å². The quantitative estimate of drug-likeness (QED) is 0.617. The summed E-state index contributed by atoms with van der Waals surface area (Å²) < 4.78 is 22.0. The van der Waals surface area contributed by atoms with Crippen LogP contribution in [0.2, 0.25) is 5.02 Å². The Morgan fingerprint density at radius 1 is 1.21 bits per heavy atom. The first-order valence-corrected chi connectivity index (χ1v) is 11.7. The first kappa shape index (κ1) is 22.1. The summed E-state index contributed by atoms with van der Waals surface area (Å²) >= 11 is 6.33. The largest absolute Gasteiger partial charge is 0.489 e. The summed E-state index contributed by atoms with van der Waals surface area (Å²) in [4.78, 5) is 19.8. The number of nitrogens with zero attached hydrogens (tertiary/aromatic N) is 4. The first-order valence-electron chi connectivity index (χ1n) is 11.3. The van der Waals surface area contributed by atoms with Crippen molar-refractivity contribution in [3.8, 4) is 5.75 Å². The van der Waals surface area contributed by atoms with Crippen molar-refractivity contribution in [1.82, 2.24) is 24.8 Å². The number of carbonyl (C=O) groups is 1. The molecule has 3 heterocycles. The van der Waals surface area contributed by atoms with Gasteiger partial charge in [0.25, 0.3) is 5.91 Å². The van der Waals surface area contributed by atoms with E-state index in [2.05, 4.69) is 15.4 Å². The highest BCUT2D eigenvalue weighted by Gasteiger charge is 2.32. The standard InChI is InChI=1S/C24H27ClFN5O2/c1-13-22(25)14(2)31-23(28-13)19-11-30(12-20(19)29-31)24(32)18-9-4-15(26)10-21(18)33-17-7-5-16(27-3)6-8-17/h4,9-10,16-17,27H,5-8,11-12H2,1-3H3/t16-,17+. The highest BCUT2D eigenvalue weighted by molar-refractivity contribution is 6.31. The zero-order valence-electron chi connectivity index (χ0n) is 19.0. The number of nitrogens with one attached hydrogen (secondary N) is 1. The fourth-order valence-corrected chi connectivity index (χ4v) is 4.97. The average Bonchev–Trinajstić information content (AvgIpc) is 3.37. The molecule has 1 amide bonds. The number of aromatic nitrogens is 3. The van der Waals surface area contributed by atoms with Crippen LogP contribution in [0, 0.1) is 19.7 Å². The Labute approximate surface area is 196 Å². The molecule has 1 aliphatic carbocycles.